The van der Waals surface area contributed by atoms with Crippen LogP contribution in [0.2, 0.25) is 10.0 Å². The van der Waals surface area contributed by atoms with Crippen LogP contribution in [0.4, 0.5) is 64.3 Å². The number of carbonyl (C=O) groups excluding carboxylic acids is 2. The number of aromatic nitrogens is 12. The van der Waals surface area contributed by atoms with Crippen LogP contribution in [0, 0.1) is 35.1 Å². The molecule has 0 spiro atoms. The lowest BCUT2D eigenvalue weighted by atomic mass is 10.00. The van der Waals surface area contributed by atoms with Gasteiger partial charge in [-0.25, -0.2) is 78.8 Å². The summed E-state index contributed by atoms with van der Waals surface area (Å²) in [7, 11) is -12.6. The fourth-order valence-electron chi connectivity index (χ4n) is 16.3. The molecule has 656 valence electrons. The lowest BCUT2D eigenvalue weighted by Gasteiger charge is -2.25. The van der Waals surface area contributed by atoms with Crippen molar-refractivity contribution in [3.8, 4) is 11.4 Å². The largest absolute Gasteiger partial charge is 0.344 e. The number of halogens is 14. The number of amides is 2. The van der Waals surface area contributed by atoms with Crippen LogP contribution < -0.4 is 31.2 Å². The second-order valence-electron chi connectivity index (χ2n) is 32.1. The van der Waals surface area contributed by atoms with Crippen molar-refractivity contribution in [2.45, 2.75) is 125 Å². The number of carbonyl (C=O) groups is 2. The van der Waals surface area contributed by atoms with E-state index in [0.29, 0.717) is 21.5 Å². The van der Waals surface area contributed by atoms with E-state index in [4.69, 9.17) is 33.2 Å². The Balaban J connectivity index is 0.000000192. The molecule has 46 heteroatoms. The SMILES string of the molecule is Cn1nc(NS(C)(=O)=O)c2c(Cl)ccc(-n3c(C(Cc4cc(F)cc(F)c4)NC(=O)Cn4nc(C(F)F)c5c4C(F)(F)[C@@H]4C[C@H]54)nc4cc(C(C)(C)S(C)(=O)=O)ccc4c3=O)c21.Cn1nc(NS(C)(=O)=O)c2c(Cl)ccc(-n3c([C@H](Cc4cc(F)cc(F)c4)NC(=O)Cn4nc(C(F)F)c5c4C(F)(F)[C@@H]4C[C@H]54)nc4cc(C(C)(C)S(C)(=O)=O)ccc4c3=O)c21. The molecule has 0 bridgehead atoms. The highest BCUT2D eigenvalue weighted by Crippen LogP contribution is 2.69. The number of nitrogens with one attached hydrogen (secondary N) is 4. The van der Waals surface area contributed by atoms with Crippen molar-refractivity contribution < 1.29 is 95.9 Å². The van der Waals surface area contributed by atoms with E-state index in [1.165, 1.54) is 112 Å². The maximum absolute atomic E-state index is 15.5. The van der Waals surface area contributed by atoms with E-state index in [0.717, 1.165) is 58.4 Å². The second-order valence-corrected chi connectivity index (χ2v) is 41.5. The molecule has 1 unspecified atom stereocenters. The minimum Gasteiger partial charge on any atom is -0.344 e. The van der Waals surface area contributed by atoms with Crippen molar-refractivity contribution in [3.63, 3.8) is 0 Å². The number of benzene rings is 6. The number of rotatable bonds is 24. The monoisotopic (exact) mass is 1850 g/mol. The summed E-state index contributed by atoms with van der Waals surface area (Å²) >= 11 is 13.2. The molecule has 4 aliphatic carbocycles. The van der Waals surface area contributed by atoms with Gasteiger partial charge in [0.15, 0.2) is 31.3 Å². The summed E-state index contributed by atoms with van der Waals surface area (Å²) in [6.07, 6.45) is -3.81. The normalized spacial score (nSPS) is 17.7. The van der Waals surface area contributed by atoms with Gasteiger partial charge in [-0.15, -0.1) is 0 Å². The molecular formula is C78H70Cl2F12N16O12S4. The molecule has 0 saturated heterocycles. The van der Waals surface area contributed by atoms with Crippen molar-refractivity contribution in [3.05, 3.63) is 219 Å². The van der Waals surface area contributed by atoms with Gasteiger partial charge >= 0.3 is 0 Å². The predicted molar refractivity (Wildman–Crippen MR) is 432 cm³/mol. The molecule has 2 fully saturated rings. The van der Waals surface area contributed by atoms with Crippen LogP contribution in [-0.2, 0) is 111 Å². The maximum Gasteiger partial charge on any atom is 0.293 e. The number of aryl methyl sites for hydroxylation is 2. The maximum atomic E-state index is 15.5. The van der Waals surface area contributed by atoms with E-state index in [9.17, 15) is 88.0 Å². The topological polar surface area (TPSA) is 360 Å². The highest BCUT2D eigenvalue weighted by atomic mass is 35.5. The minimum atomic E-state index is -3.94. The Morgan fingerprint density at radius 1 is 0.508 bits per heavy atom. The van der Waals surface area contributed by atoms with Gasteiger partial charge in [-0.3, -0.25) is 56.5 Å². The van der Waals surface area contributed by atoms with E-state index in [-0.39, 0.29) is 135 Å². The Labute approximate surface area is 705 Å². The lowest BCUT2D eigenvalue weighted by Crippen LogP contribution is -2.38. The molecule has 0 radical (unpaired) electrons. The van der Waals surface area contributed by atoms with Gasteiger partial charge in [-0.2, -0.15) is 38.0 Å². The molecule has 12 aromatic rings. The lowest BCUT2D eigenvalue weighted by molar-refractivity contribution is -0.123. The molecular weight excluding hydrogens is 1780 g/mol. The number of fused-ring (bicyclic) bond motifs is 10. The Hall–Kier alpha value is -11.0. The summed E-state index contributed by atoms with van der Waals surface area (Å²) in [5.74, 6) is -18.8. The van der Waals surface area contributed by atoms with Crippen LogP contribution in [0.1, 0.15) is 145 Å². The van der Waals surface area contributed by atoms with Crippen LogP contribution in [0.25, 0.3) is 55.0 Å². The number of hydrogen-bond donors (Lipinski definition) is 4. The van der Waals surface area contributed by atoms with Crippen molar-refractivity contribution in [2.24, 2.45) is 25.9 Å². The van der Waals surface area contributed by atoms with Gasteiger partial charge in [0.2, 0.25) is 31.9 Å². The number of sulfonamides is 2. The van der Waals surface area contributed by atoms with Gasteiger partial charge in [0.05, 0.1) is 99.1 Å². The van der Waals surface area contributed by atoms with Crippen LogP contribution in [0.5, 0.6) is 0 Å². The standard InChI is InChI=1S/2C39H35ClF6N8O6S2/c2*1-38(2,61(4,57)58)18-6-7-21-25(13-18)48-36(54(37(21)56)27-9-8-24(40)30-32(27)52(3)50-35(30)51-62(5,59)60)26(12-17-10-19(41)14-20(42)11-17)47-28(55)16-53-33-29(31(49-53)34(43)44)22-15-23(22)39(33,45)46/h2*6-11,13-14,22-23,26,34H,12,15-16H2,1-5H3,(H,47,55)(H,50,51)/t22-,23+,26?;22-,23+,26-/m00/s1. The first-order valence-corrected chi connectivity index (χ1v) is 45.7. The summed E-state index contributed by atoms with van der Waals surface area (Å²) in [4.78, 5) is 67.7. The third-order valence-corrected chi connectivity index (χ3v) is 28.8. The van der Waals surface area contributed by atoms with Crippen molar-refractivity contribution >= 4 is 130 Å². The molecule has 4 aliphatic rings. The van der Waals surface area contributed by atoms with Gasteiger partial charge < -0.3 is 10.6 Å². The Morgan fingerprint density at radius 3 is 1.16 bits per heavy atom. The van der Waals surface area contributed by atoms with E-state index in [1.54, 1.807) is 0 Å². The number of nitrogens with zero attached hydrogens (tertiary/aromatic N) is 12. The Kier molecular flexibility index (Phi) is 21.6. The number of hydrogen-bond acceptors (Lipinski definition) is 18. The molecule has 28 nitrogen and oxygen atoms in total. The Bertz CT molecular complexity index is 6760. The van der Waals surface area contributed by atoms with Crippen LogP contribution in [0.15, 0.2) is 107 Å². The van der Waals surface area contributed by atoms with Crippen molar-refractivity contribution in [1.29, 1.82) is 0 Å². The van der Waals surface area contributed by atoms with E-state index in [2.05, 4.69) is 40.5 Å². The first-order chi connectivity index (χ1) is 57.6. The fraction of sp³-hybridized carbons (Fsp3) is 0.359. The van der Waals surface area contributed by atoms with Gasteiger partial charge in [0, 0.05) is 74.5 Å². The predicted octanol–water partition coefficient (Wildman–Crippen LogP) is 12.6. The molecule has 2 saturated carbocycles. The van der Waals surface area contributed by atoms with Gasteiger partial charge in [-0.05, 0) is 147 Å². The summed E-state index contributed by atoms with van der Waals surface area (Å²) in [6.45, 7) is 3.66. The average molecular weight is 1850 g/mol. The highest BCUT2D eigenvalue weighted by molar-refractivity contribution is 7.92. The third kappa shape index (κ3) is 15.7. The quantitative estimate of drug-likeness (QED) is 0.0408. The highest BCUT2D eigenvalue weighted by Gasteiger charge is 2.68. The zero-order valence-electron chi connectivity index (χ0n) is 66.3. The third-order valence-electron chi connectivity index (χ3n) is 22.9. The average Bonchev–Trinajstić information content (AvgIpc) is 1.52. The zero-order valence-corrected chi connectivity index (χ0v) is 71.1. The molecule has 6 heterocycles. The van der Waals surface area contributed by atoms with Gasteiger partial charge in [0.1, 0.15) is 70.8 Å². The summed E-state index contributed by atoms with van der Waals surface area (Å²) in [5, 5.41) is 21.0. The molecule has 2 amide bonds. The van der Waals surface area contributed by atoms with Crippen LogP contribution in [0.3, 0.4) is 0 Å². The number of anilines is 2. The molecule has 6 aromatic heterocycles. The molecule has 16 rings (SSSR count). The van der Waals surface area contributed by atoms with Crippen molar-refractivity contribution in [2.75, 3.05) is 34.5 Å². The van der Waals surface area contributed by atoms with Crippen LogP contribution in [-0.4, -0.2) is 129 Å². The van der Waals surface area contributed by atoms with Crippen molar-refractivity contribution in [1.82, 2.24) is 68.9 Å². The molecule has 6 atom stereocenters. The molecule has 124 heavy (non-hydrogen) atoms. The van der Waals surface area contributed by atoms with E-state index in [1.807, 2.05) is 0 Å². The van der Waals surface area contributed by atoms with E-state index >= 15 is 17.6 Å². The molecule has 0 aliphatic heterocycles. The number of sulfone groups is 2. The fourth-order valence-corrected chi connectivity index (χ4v) is 18.9. The minimum absolute atomic E-state index is 0.0107. The molecule has 6 aromatic carbocycles. The van der Waals surface area contributed by atoms with Gasteiger partial charge in [-0.1, -0.05) is 35.3 Å². The first kappa shape index (κ1) is 87.9. The van der Waals surface area contributed by atoms with Gasteiger partial charge in [0.25, 0.3) is 35.8 Å². The smallest absolute Gasteiger partial charge is 0.293 e. The second kappa shape index (κ2) is 30.4. The Morgan fingerprint density at radius 2 is 0.847 bits per heavy atom. The van der Waals surface area contributed by atoms with Crippen LogP contribution >= 0.6 is 23.2 Å². The number of alkyl halides is 8. The summed E-state index contributed by atoms with van der Waals surface area (Å²) < 4.78 is 285. The van der Waals surface area contributed by atoms with E-state index < -0.39 is 205 Å². The molecule has 4 N–H and O–H groups in total. The summed E-state index contributed by atoms with van der Waals surface area (Å²) in [6, 6.07) is 15.3. The first-order valence-electron chi connectivity index (χ1n) is 37.4. The summed E-state index contributed by atoms with van der Waals surface area (Å²) in [5.41, 5.74) is -5.69. The zero-order chi connectivity index (χ0) is 90.3.